The molecule has 1 amide bonds. The van der Waals surface area contributed by atoms with Gasteiger partial charge in [-0.05, 0) is 22.4 Å². The van der Waals surface area contributed by atoms with Gasteiger partial charge in [0.15, 0.2) is 0 Å². The minimum Gasteiger partial charge on any atom is -0.480 e. The Bertz CT molecular complexity index is 543. The molecule has 0 saturated carbocycles. The van der Waals surface area contributed by atoms with Gasteiger partial charge in [-0.1, -0.05) is 6.92 Å². The van der Waals surface area contributed by atoms with Crippen LogP contribution >= 0.6 is 15.9 Å². The van der Waals surface area contributed by atoms with Crippen LogP contribution in [0.3, 0.4) is 0 Å². The van der Waals surface area contributed by atoms with Crippen molar-refractivity contribution in [3.05, 3.63) is 15.9 Å². The molecular weight excluding hydrogens is 328 g/mol. The summed E-state index contributed by atoms with van der Waals surface area (Å²) in [5.74, 6) is -1.09. The summed E-state index contributed by atoms with van der Waals surface area (Å²) in [7, 11) is 1.82. The molecule has 2 heterocycles. The van der Waals surface area contributed by atoms with Gasteiger partial charge in [0, 0.05) is 20.1 Å². The van der Waals surface area contributed by atoms with Crippen LogP contribution < -0.4 is 5.32 Å². The van der Waals surface area contributed by atoms with Crippen molar-refractivity contribution in [2.75, 3.05) is 13.1 Å². The van der Waals surface area contributed by atoms with Crippen molar-refractivity contribution in [1.29, 1.82) is 0 Å². The lowest BCUT2D eigenvalue weighted by molar-refractivity contribution is -0.146. The van der Waals surface area contributed by atoms with E-state index in [0.717, 1.165) is 22.3 Å². The molecule has 2 rings (SSSR count). The number of amides is 1. The Morgan fingerprint density at radius 1 is 1.60 bits per heavy atom. The lowest BCUT2D eigenvalue weighted by Crippen LogP contribution is -2.57. The molecule has 0 radical (unpaired) electrons. The molecule has 1 aromatic rings. The molecule has 1 aromatic heterocycles. The maximum atomic E-state index is 11.5. The number of piperazine rings is 1. The number of carbonyl (C=O) groups excluding carboxylic acids is 1. The first kappa shape index (κ1) is 15.0. The fraction of sp³-hybridized carbons (Fsp3) is 0.583. The fourth-order valence-corrected chi connectivity index (χ4v) is 3.03. The van der Waals surface area contributed by atoms with Gasteiger partial charge < -0.3 is 10.4 Å². The average Bonchev–Trinajstić information content (AvgIpc) is 2.66. The van der Waals surface area contributed by atoms with Crippen LogP contribution in [0.1, 0.15) is 18.3 Å². The molecular formula is C12H17BrN4O3. The first-order valence-corrected chi connectivity index (χ1v) is 7.17. The predicted molar refractivity (Wildman–Crippen MR) is 75.1 cm³/mol. The normalized spacial score (nSPS) is 19.9. The van der Waals surface area contributed by atoms with E-state index in [1.807, 2.05) is 14.0 Å². The summed E-state index contributed by atoms with van der Waals surface area (Å²) < 4.78 is 2.62. The van der Waals surface area contributed by atoms with Crippen molar-refractivity contribution in [2.24, 2.45) is 7.05 Å². The van der Waals surface area contributed by atoms with Gasteiger partial charge in [-0.25, -0.2) is 0 Å². The van der Waals surface area contributed by atoms with Crippen molar-refractivity contribution in [3.63, 3.8) is 0 Å². The molecule has 1 atom stereocenters. The number of halogens is 1. The number of hydrogen-bond donors (Lipinski definition) is 2. The average molecular weight is 345 g/mol. The van der Waals surface area contributed by atoms with E-state index in [1.165, 1.54) is 0 Å². The van der Waals surface area contributed by atoms with Gasteiger partial charge in [0.25, 0.3) is 0 Å². The van der Waals surface area contributed by atoms with Crippen molar-refractivity contribution >= 4 is 27.8 Å². The van der Waals surface area contributed by atoms with Crippen molar-refractivity contribution in [3.8, 4) is 0 Å². The second kappa shape index (κ2) is 5.92. The molecule has 1 fully saturated rings. The molecule has 1 unspecified atom stereocenters. The summed E-state index contributed by atoms with van der Waals surface area (Å²) >= 11 is 3.50. The topological polar surface area (TPSA) is 87.5 Å². The molecule has 1 saturated heterocycles. The molecule has 20 heavy (non-hydrogen) atoms. The van der Waals surface area contributed by atoms with E-state index in [-0.39, 0.29) is 19.0 Å². The zero-order valence-electron chi connectivity index (χ0n) is 11.4. The summed E-state index contributed by atoms with van der Waals surface area (Å²) in [5, 5.41) is 16.2. The molecule has 0 bridgehead atoms. The summed E-state index contributed by atoms with van der Waals surface area (Å²) in [5.41, 5.74) is 1.80. The van der Waals surface area contributed by atoms with Crippen molar-refractivity contribution in [1.82, 2.24) is 20.0 Å². The number of nitrogens with zero attached hydrogens (tertiary/aromatic N) is 3. The number of rotatable bonds is 4. The Labute approximate surface area is 125 Å². The number of nitrogens with one attached hydrogen (secondary N) is 1. The molecule has 8 heteroatoms. The minimum atomic E-state index is -0.931. The van der Waals surface area contributed by atoms with Crippen LogP contribution in [0.5, 0.6) is 0 Å². The maximum Gasteiger partial charge on any atom is 0.322 e. The van der Waals surface area contributed by atoms with E-state index in [4.69, 9.17) is 0 Å². The first-order chi connectivity index (χ1) is 9.43. The van der Waals surface area contributed by atoms with Gasteiger partial charge in [-0.3, -0.25) is 19.2 Å². The highest BCUT2D eigenvalue weighted by Gasteiger charge is 2.33. The van der Waals surface area contributed by atoms with Gasteiger partial charge in [-0.15, -0.1) is 0 Å². The van der Waals surface area contributed by atoms with Crippen LogP contribution in [0.15, 0.2) is 4.47 Å². The van der Waals surface area contributed by atoms with Crippen LogP contribution in [0, 0.1) is 0 Å². The third-order valence-electron chi connectivity index (χ3n) is 3.42. The van der Waals surface area contributed by atoms with E-state index >= 15 is 0 Å². The van der Waals surface area contributed by atoms with Gasteiger partial charge >= 0.3 is 5.97 Å². The monoisotopic (exact) mass is 344 g/mol. The van der Waals surface area contributed by atoms with Crippen LogP contribution in [0.2, 0.25) is 0 Å². The second-order valence-corrected chi connectivity index (χ2v) is 5.54. The molecule has 2 N–H and O–H groups in total. The van der Waals surface area contributed by atoms with Crippen LogP contribution in [0.25, 0.3) is 0 Å². The summed E-state index contributed by atoms with van der Waals surface area (Å²) in [4.78, 5) is 24.4. The smallest absolute Gasteiger partial charge is 0.322 e. The van der Waals surface area contributed by atoms with Crippen LogP contribution in [0.4, 0.5) is 0 Å². The molecule has 0 aliphatic carbocycles. The molecule has 110 valence electrons. The highest BCUT2D eigenvalue weighted by Crippen LogP contribution is 2.24. The Kier molecular flexibility index (Phi) is 4.44. The highest BCUT2D eigenvalue weighted by molar-refractivity contribution is 9.10. The number of carbonyl (C=O) groups is 2. The number of hydrogen-bond acceptors (Lipinski definition) is 4. The van der Waals surface area contributed by atoms with Gasteiger partial charge in [0.05, 0.1) is 22.4 Å². The number of aromatic nitrogens is 2. The lowest BCUT2D eigenvalue weighted by atomic mass is 10.1. The molecule has 0 spiro atoms. The number of carboxylic acids is 1. The van der Waals surface area contributed by atoms with Gasteiger partial charge in [0.2, 0.25) is 5.91 Å². The van der Waals surface area contributed by atoms with E-state index in [1.54, 1.807) is 9.58 Å². The molecule has 7 nitrogen and oxygen atoms in total. The number of aryl methyl sites for hydroxylation is 2. The molecule has 1 aliphatic heterocycles. The van der Waals surface area contributed by atoms with E-state index < -0.39 is 12.0 Å². The van der Waals surface area contributed by atoms with Gasteiger partial charge in [0.1, 0.15) is 6.04 Å². The maximum absolute atomic E-state index is 11.5. The first-order valence-electron chi connectivity index (χ1n) is 6.37. The Balaban J connectivity index is 2.24. The second-order valence-electron chi connectivity index (χ2n) is 4.75. The standard InChI is InChI=1S/C12H17BrN4O3/c1-3-7-11(13)9(16(2)15-7)5-17-6-10(18)14-4-8(17)12(19)20/h8H,3-6H2,1-2H3,(H,14,18)(H,19,20). The molecule has 1 aliphatic rings. The summed E-state index contributed by atoms with van der Waals surface area (Å²) in [6.07, 6.45) is 0.789. The zero-order chi connectivity index (χ0) is 14.9. The van der Waals surface area contributed by atoms with E-state index in [0.29, 0.717) is 6.54 Å². The van der Waals surface area contributed by atoms with Crippen LogP contribution in [-0.4, -0.2) is 50.8 Å². The quantitative estimate of drug-likeness (QED) is 0.810. The van der Waals surface area contributed by atoms with Crippen molar-refractivity contribution < 1.29 is 14.7 Å². The zero-order valence-corrected chi connectivity index (χ0v) is 13.0. The third-order valence-corrected chi connectivity index (χ3v) is 4.34. The van der Waals surface area contributed by atoms with E-state index in [2.05, 4.69) is 26.3 Å². The predicted octanol–water partition coefficient (Wildman–Crippen LogP) is 0.130. The molecule has 0 aromatic carbocycles. The minimum absolute atomic E-state index is 0.0794. The summed E-state index contributed by atoms with van der Waals surface area (Å²) in [6, 6.07) is -0.709. The Hall–Kier alpha value is -1.41. The number of carboxylic acid groups (broad SMARTS) is 1. The van der Waals surface area contributed by atoms with Gasteiger partial charge in [-0.2, -0.15) is 5.10 Å². The van der Waals surface area contributed by atoms with Crippen molar-refractivity contribution in [2.45, 2.75) is 25.9 Å². The SMILES string of the molecule is CCc1nn(C)c(CN2CC(=O)NCC2C(=O)O)c1Br. The largest absolute Gasteiger partial charge is 0.480 e. The Morgan fingerprint density at radius 3 is 2.85 bits per heavy atom. The highest BCUT2D eigenvalue weighted by atomic mass is 79.9. The lowest BCUT2D eigenvalue weighted by Gasteiger charge is -2.32. The summed E-state index contributed by atoms with van der Waals surface area (Å²) in [6.45, 7) is 2.58. The Morgan fingerprint density at radius 2 is 2.30 bits per heavy atom. The fourth-order valence-electron chi connectivity index (χ4n) is 2.28. The van der Waals surface area contributed by atoms with Crippen LogP contribution in [-0.2, 0) is 29.6 Å². The third kappa shape index (κ3) is 2.85. The van der Waals surface area contributed by atoms with E-state index in [9.17, 15) is 14.7 Å². The number of aliphatic carboxylic acids is 1.